The van der Waals surface area contributed by atoms with Crippen LogP contribution in [0.25, 0.3) is 0 Å². The van der Waals surface area contributed by atoms with Crippen LogP contribution < -0.4 is 0 Å². The number of nitrogens with zero attached hydrogens (tertiary/aromatic N) is 1. The van der Waals surface area contributed by atoms with Crippen LogP contribution in [-0.2, 0) is 11.3 Å². The Kier molecular flexibility index (Phi) is 3.56. The van der Waals surface area contributed by atoms with Gasteiger partial charge in [-0.05, 0) is 36.7 Å². The standard InChI is InChI=1S/C18H25NO2/c1-12-9-16-15(17(20)21)10-18(12,3)13(2)19(16)11-14-7-5-4-6-8-14/h4-8,12-13,15-16H,9-11H2,1-3H3,(H,20,21). The summed E-state index contributed by atoms with van der Waals surface area (Å²) in [7, 11) is 0. The Morgan fingerprint density at radius 2 is 2.00 bits per heavy atom. The van der Waals surface area contributed by atoms with Crippen LogP contribution in [-0.4, -0.2) is 28.1 Å². The van der Waals surface area contributed by atoms with E-state index in [1.807, 2.05) is 6.07 Å². The van der Waals surface area contributed by atoms with Crippen LogP contribution in [0.2, 0.25) is 0 Å². The van der Waals surface area contributed by atoms with Gasteiger partial charge in [0.05, 0.1) is 5.92 Å². The largest absolute Gasteiger partial charge is 0.481 e. The van der Waals surface area contributed by atoms with Gasteiger partial charge in [-0.3, -0.25) is 9.69 Å². The van der Waals surface area contributed by atoms with Crippen LogP contribution in [0.4, 0.5) is 0 Å². The molecular weight excluding hydrogens is 262 g/mol. The zero-order chi connectivity index (χ0) is 15.2. The first-order chi connectivity index (χ1) is 9.93. The highest BCUT2D eigenvalue weighted by Crippen LogP contribution is 2.54. The summed E-state index contributed by atoms with van der Waals surface area (Å²) in [5.74, 6) is -0.241. The summed E-state index contributed by atoms with van der Waals surface area (Å²) in [4.78, 5) is 14.1. The molecule has 1 saturated carbocycles. The average Bonchev–Trinajstić information content (AvgIpc) is 2.46. The van der Waals surface area contributed by atoms with Crippen molar-refractivity contribution in [3.8, 4) is 0 Å². The summed E-state index contributed by atoms with van der Waals surface area (Å²) in [5, 5.41) is 9.60. The number of carboxylic acids is 1. The lowest BCUT2D eigenvalue weighted by Gasteiger charge is -2.61. The predicted octanol–water partition coefficient (Wildman–Crippen LogP) is 3.40. The molecule has 3 heteroatoms. The van der Waals surface area contributed by atoms with Gasteiger partial charge in [-0.15, -0.1) is 0 Å². The van der Waals surface area contributed by atoms with Crippen LogP contribution in [0.15, 0.2) is 30.3 Å². The minimum atomic E-state index is -0.622. The van der Waals surface area contributed by atoms with E-state index in [2.05, 4.69) is 49.9 Å². The fourth-order valence-corrected chi connectivity index (χ4v) is 4.52. The lowest BCUT2D eigenvalue weighted by atomic mass is 9.55. The van der Waals surface area contributed by atoms with Gasteiger partial charge in [-0.1, -0.05) is 44.2 Å². The Morgan fingerprint density at radius 1 is 1.33 bits per heavy atom. The molecule has 21 heavy (non-hydrogen) atoms. The van der Waals surface area contributed by atoms with E-state index >= 15 is 0 Å². The van der Waals surface area contributed by atoms with Crippen LogP contribution in [0.5, 0.6) is 0 Å². The summed E-state index contributed by atoms with van der Waals surface area (Å²) in [6.45, 7) is 7.72. The molecule has 2 bridgehead atoms. The second-order valence-electron chi connectivity index (χ2n) is 7.19. The topological polar surface area (TPSA) is 40.5 Å². The van der Waals surface area contributed by atoms with E-state index in [1.54, 1.807) is 0 Å². The number of hydrogen-bond acceptors (Lipinski definition) is 2. The van der Waals surface area contributed by atoms with Gasteiger partial charge in [0.2, 0.25) is 0 Å². The summed E-state index contributed by atoms with van der Waals surface area (Å²) < 4.78 is 0. The molecule has 1 aromatic rings. The smallest absolute Gasteiger partial charge is 0.308 e. The Hall–Kier alpha value is -1.35. The summed E-state index contributed by atoms with van der Waals surface area (Å²) >= 11 is 0. The molecule has 1 N–H and O–H groups in total. The third kappa shape index (κ3) is 2.28. The number of hydrogen-bond donors (Lipinski definition) is 1. The van der Waals surface area contributed by atoms with Gasteiger partial charge in [0, 0.05) is 18.6 Å². The SMILES string of the molecule is CC1CC2C(C(=O)O)CC1(C)C(C)N2Cc1ccccc1. The second-order valence-corrected chi connectivity index (χ2v) is 7.19. The monoisotopic (exact) mass is 287 g/mol. The van der Waals surface area contributed by atoms with Crippen molar-refractivity contribution in [1.82, 2.24) is 4.90 Å². The number of carbonyl (C=O) groups is 1. The molecule has 2 saturated heterocycles. The normalized spacial score (nSPS) is 39.4. The van der Waals surface area contributed by atoms with Crippen LogP contribution in [0.1, 0.15) is 39.2 Å². The maximum atomic E-state index is 11.7. The van der Waals surface area contributed by atoms with Crippen molar-refractivity contribution < 1.29 is 9.90 Å². The minimum Gasteiger partial charge on any atom is -0.481 e. The molecular formula is C18H25NO2. The molecule has 0 spiro atoms. The number of rotatable bonds is 3. The fourth-order valence-electron chi connectivity index (χ4n) is 4.52. The molecule has 3 aliphatic rings. The Balaban J connectivity index is 1.91. The molecule has 0 amide bonds. The number of carboxylic acid groups (broad SMARTS) is 1. The quantitative estimate of drug-likeness (QED) is 0.926. The van der Waals surface area contributed by atoms with E-state index < -0.39 is 5.97 Å². The molecule has 2 heterocycles. The van der Waals surface area contributed by atoms with E-state index in [9.17, 15) is 9.90 Å². The van der Waals surface area contributed by atoms with Gasteiger partial charge < -0.3 is 5.11 Å². The first-order valence-electron chi connectivity index (χ1n) is 7.96. The van der Waals surface area contributed by atoms with Gasteiger partial charge in [0.1, 0.15) is 0 Å². The summed E-state index contributed by atoms with van der Waals surface area (Å²) in [6.07, 6.45) is 1.82. The van der Waals surface area contributed by atoms with Crippen molar-refractivity contribution >= 4 is 5.97 Å². The van der Waals surface area contributed by atoms with Crippen LogP contribution in [0.3, 0.4) is 0 Å². The van der Waals surface area contributed by atoms with Gasteiger partial charge in [-0.2, -0.15) is 0 Å². The highest BCUT2D eigenvalue weighted by molar-refractivity contribution is 5.71. The summed E-state index contributed by atoms with van der Waals surface area (Å²) in [5.41, 5.74) is 1.38. The van der Waals surface area contributed by atoms with Crippen molar-refractivity contribution in [3.63, 3.8) is 0 Å². The first kappa shape index (κ1) is 14.6. The number of fused-ring (bicyclic) bond motifs is 3. The molecule has 3 nitrogen and oxygen atoms in total. The lowest BCUT2D eigenvalue weighted by Crippen LogP contribution is -2.66. The zero-order valence-electron chi connectivity index (χ0n) is 13.1. The highest BCUT2D eigenvalue weighted by Gasteiger charge is 2.56. The predicted molar refractivity (Wildman–Crippen MR) is 82.9 cm³/mol. The molecule has 3 fully saturated rings. The number of piperidine rings is 2. The third-order valence-corrected chi connectivity index (χ3v) is 6.25. The molecule has 0 radical (unpaired) electrons. The van der Waals surface area contributed by atoms with E-state index in [0.717, 1.165) is 19.4 Å². The number of aliphatic carboxylic acids is 1. The van der Waals surface area contributed by atoms with E-state index in [1.165, 1.54) is 5.56 Å². The van der Waals surface area contributed by atoms with Crippen molar-refractivity contribution in [2.45, 2.75) is 52.2 Å². The lowest BCUT2D eigenvalue weighted by molar-refractivity contribution is -0.170. The van der Waals surface area contributed by atoms with E-state index in [0.29, 0.717) is 12.0 Å². The van der Waals surface area contributed by atoms with Crippen LogP contribution in [0, 0.1) is 17.3 Å². The van der Waals surface area contributed by atoms with Gasteiger partial charge in [0.25, 0.3) is 0 Å². The molecule has 1 aliphatic carbocycles. The molecule has 1 aromatic carbocycles. The molecule has 114 valence electrons. The molecule has 5 unspecified atom stereocenters. The second kappa shape index (κ2) is 5.13. The molecule has 5 atom stereocenters. The maximum Gasteiger partial charge on any atom is 0.308 e. The minimum absolute atomic E-state index is 0.104. The fraction of sp³-hybridized carbons (Fsp3) is 0.611. The maximum absolute atomic E-state index is 11.7. The van der Waals surface area contributed by atoms with Crippen molar-refractivity contribution in [1.29, 1.82) is 0 Å². The van der Waals surface area contributed by atoms with Crippen LogP contribution >= 0.6 is 0 Å². The third-order valence-electron chi connectivity index (χ3n) is 6.25. The Bertz CT molecular complexity index is 529. The van der Waals surface area contributed by atoms with E-state index in [-0.39, 0.29) is 17.4 Å². The number of benzene rings is 1. The van der Waals surface area contributed by atoms with E-state index in [4.69, 9.17) is 0 Å². The first-order valence-corrected chi connectivity index (χ1v) is 7.96. The van der Waals surface area contributed by atoms with Gasteiger partial charge in [-0.25, -0.2) is 0 Å². The zero-order valence-corrected chi connectivity index (χ0v) is 13.1. The molecule has 2 aliphatic heterocycles. The summed E-state index contributed by atoms with van der Waals surface area (Å²) in [6, 6.07) is 11.0. The van der Waals surface area contributed by atoms with Crippen molar-refractivity contribution in [2.24, 2.45) is 17.3 Å². The van der Waals surface area contributed by atoms with Gasteiger partial charge in [0.15, 0.2) is 0 Å². The molecule has 4 rings (SSSR count). The Morgan fingerprint density at radius 3 is 2.62 bits per heavy atom. The highest BCUT2D eigenvalue weighted by atomic mass is 16.4. The van der Waals surface area contributed by atoms with Gasteiger partial charge >= 0.3 is 5.97 Å². The Labute approximate surface area is 127 Å². The van der Waals surface area contributed by atoms with Crippen molar-refractivity contribution in [3.05, 3.63) is 35.9 Å². The van der Waals surface area contributed by atoms with Crippen molar-refractivity contribution in [2.75, 3.05) is 0 Å². The average molecular weight is 287 g/mol. The molecule has 0 aromatic heterocycles.